The molecule has 2 aliphatic rings. The zero-order valence-corrected chi connectivity index (χ0v) is 59.4. The maximum Gasteiger partial charge on any atom is 0.252 e. The number of fused-ring (bicyclic) bond motifs is 9. The molecule has 3 heterocycles. The first-order chi connectivity index (χ1) is 49.5. The van der Waals surface area contributed by atoms with Gasteiger partial charge in [0.15, 0.2) is 0 Å². The summed E-state index contributed by atoms with van der Waals surface area (Å²) in [6.07, 6.45) is 0. The average molecular weight is 1310 g/mol. The Bertz CT molecular complexity index is 5810. The van der Waals surface area contributed by atoms with Crippen LogP contribution in [-0.2, 0) is 16.2 Å². The quantitative estimate of drug-likeness (QED) is 0.106. The normalized spacial score (nSPS) is 12.9. The van der Waals surface area contributed by atoms with Crippen molar-refractivity contribution in [2.75, 3.05) is 9.80 Å². The van der Waals surface area contributed by atoms with Crippen molar-refractivity contribution in [1.29, 1.82) is 0 Å². The summed E-state index contributed by atoms with van der Waals surface area (Å²) >= 11 is 0. The van der Waals surface area contributed by atoms with Crippen molar-refractivity contribution in [1.82, 2.24) is 0 Å². The standard InChI is InChI=1S/C98H79BN2O/c1-96(2,3)69-56-78(62-32-15-10-16-33-62)94(79(57-69)63-34-17-11-18-35-63)100-84-54-67(72-47-31-49-89-92(72)77-46-29-30-48-88(77)102-89)50-52-82(84)99-83-53-51-68(91-75-44-27-25-42-73(75)90(66-40-23-14-24-41-66)74-43-26-28-45-76(74)91)55-85(83)101(87-61-71(98(7,8)9)60-86(100)93(87)99)95-80(64-36-19-12-20-37-64)58-70(97(4,5)6)59-81(95)65-38-21-13-22-39-65/h10-61H,1-9H3. The summed E-state index contributed by atoms with van der Waals surface area (Å²) in [5, 5.41) is 7.10. The SMILES string of the molecule is CC(C)(C)c1cc(-c2ccccc2)c(N2c3cc(-c4c5ccccc5c(-c5ccccc5)c5ccccc45)ccc3B3c4ccc(-c5cccc6oc7ccccc7c56)cc4N(c4c(-c5ccccc5)cc(C(C)(C)C)cc4-c4ccccc4)c4cc(C(C)(C)C)cc2c43)c(-c2ccccc2)c1. The van der Waals surface area contributed by atoms with Crippen LogP contribution in [0.3, 0.4) is 0 Å². The first-order valence-corrected chi connectivity index (χ1v) is 36.1. The van der Waals surface area contributed by atoms with E-state index in [0.717, 1.165) is 95.0 Å². The van der Waals surface area contributed by atoms with Crippen LogP contribution in [0, 0.1) is 0 Å². The molecule has 2 aliphatic heterocycles. The number of hydrogen-bond donors (Lipinski definition) is 0. The molecule has 16 aromatic rings. The number of nitrogens with zero attached hydrogens (tertiary/aromatic N) is 2. The molecule has 490 valence electrons. The number of para-hydroxylation sites is 1. The molecule has 3 nitrogen and oxygen atoms in total. The van der Waals surface area contributed by atoms with Crippen LogP contribution in [0.25, 0.3) is 121 Å². The molecule has 0 radical (unpaired) electrons. The Morgan fingerprint density at radius 2 is 0.588 bits per heavy atom. The predicted octanol–water partition coefficient (Wildman–Crippen LogP) is 25.5. The zero-order chi connectivity index (χ0) is 69.3. The van der Waals surface area contributed by atoms with Crippen LogP contribution >= 0.6 is 0 Å². The van der Waals surface area contributed by atoms with E-state index in [4.69, 9.17) is 4.42 Å². The molecule has 0 spiro atoms. The largest absolute Gasteiger partial charge is 0.456 e. The van der Waals surface area contributed by atoms with Crippen molar-refractivity contribution >= 4 is 101 Å². The molecule has 0 atom stereocenters. The lowest BCUT2D eigenvalue weighted by Gasteiger charge is -2.47. The Labute approximate surface area is 599 Å². The molecule has 18 rings (SSSR count). The van der Waals surface area contributed by atoms with Gasteiger partial charge < -0.3 is 14.2 Å². The van der Waals surface area contributed by atoms with Gasteiger partial charge in [0.25, 0.3) is 6.71 Å². The molecular formula is C98H79BN2O. The monoisotopic (exact) mass is 1310 g/mol. The summed E-state index contributed by atoms with van der Waals surface area (Å²) in [6, 6.07) is 119. The van der Waals surface area contributed by atoms with Gasteiger partial charge in [0.05, 0.1) is 11.4 Å². The van der Waals surface area contributed by atoms with Crippen molar-refractivity contribution < 1.29 is 4.42 Å². The van der Waals surface area contributed by atoms with Gasteiger partial charge in [-0.05, 0) is 187 Å². The second-order valence-electron chi connectivity index (χ2n) is 31.1. The third kappa shape index (κ3) is 10.3. The lowest BCUT2D eigenvalue weighted by molar-refractivity contribution is 0.590. The first-order valence-electron chi connectivity index (χ1n) is 36.1. The lowest BCUT2D eigenvalue weighted by atomic mass is 9.33. The Balaban J connectivity index is 1.03. The highest BCUT2D eigenvalue weighted by Gasteiger charge is 2.47. The zero-order valence-electron chi connectivity index (χ0n) is 59.4. The second kappa shape index (κ2) is 24.0. The third-order valence-electron chi connectivity index (χ3n) is 21.7. The van der Waals surface area contributed by atoms with E-state index >= 15 is 0 Å². The second-order valence-corrected chi connectivity index (χ2v) is 31.1. The smallest absolute Gasteiger partial charge is 0.252 e. The number of anilines is 6. The van der Waals surface area contributed by atoms with Crippen LogP contribution in [0.5, 0.6) is 0 Å². The summed E-state index contributed by atoms with van der Waals surface area (Å²) in [5.41, 5.74) is 31.7. The van der Waals surface area contributed by atoms with Crippen LogP contribution < -0.4 is 26.2 Å². The Morgan fingerprint density at radius 3 is 1.00 bits per heavy atom. The first kappa shape index (κ1) is 62.5. The molecule has 0 N–H and O–H groups in total. The van der Waals surface area contributed by atoms with Crippen LogP contribution in [0.15, 0.2) is 320 Å². The van der Waals surface area contributed by atoms with E-state index in [2.05, 4.69) is 388 Å². The van der Waals surface area contributed by atoms with Gasteiger partial charge in [0.2, 0.25) is 0 Å². The molecule has 0 saturated heterocycles. The molecular weight excluding hydrogens is 1230 g/mol. The highest BCUT2D eigenvalue weighted by atomic mass is 16.3. The molecule has 1 aromatic heterocycles. The number of furan rings is 1. The molecule has 4 heteroatoms. The van der Waals surface area contributed by atoms with Crippen LogP contribution in [0.4, 0.5) is 34.1 Å². The van der Waals surface area contributed by atoms with Crippen molar-refractivity contribution in [3.63, 3.8) is 0 Å². The molecule has 0 amide bonds. The van der Waals surface area contributed by atoms with E-state index < -0.39 is 0 Å². The predicted molar refractivity (Wildman–Crippen MR) is 437 cm³/mol. The van der Waals surface area contributed by atoms with Crippen LogP contribution in [0.1, 0.15) is 79.0 Å². The Hall–Kier alpha value is -11.7. The van der Waals surface area contributed by atoms with Gasteiger partial charge in [0, 0.05) is 55.8 Å². The van der Waals surface area contributed by atoms with Gasteiger partial charge in [0.1, 0.15) is 11.2 Å². The highest BCUT2D eigenvalue weighted by molar-refractivity contribution is 7.00. The summed E-state index contributed by atoms with van der Waals surface area (Å²) in [4.78, 5) is 5.46. The summed E-state index contributed by atoms with van der Waals surface area (Å²) in [7, 11) is 0. The Morgan fingerprint density at radius 1 is 0.255 bits per heavy atom. The molecule has 0 fully saturated rings. The van der Waals surface area contributed by atoms with Gasteiger partial charge in [-0.2, -0.15) is 0 Å². The summed E-state index contributed by atoms with van der Waals surface area (Å²) < 4.78 is 6.71. The van der Waals surface area contributed by atoms with Crippen LogP contribution in [-0.4, -0.2) is 6.71 Å². The molecule has 0 bridgehead atoms. The van der Waals surface area contributed by atoms with Crippen molar-refractivity contribution in [3.8, 4) is 77.9 Å². The molecule has 15 aromatic carbocycles. The number of rotatable bonds is 9. The van der Waals surface area contributed by atoms with Gasteiger partial charge >= 0.3 is 0 Å². The minimum absolute atomic E-state index is 0.192. The minimum Gasteiger partial charge on any atom is -0.456 e. The van der Waals surface area contributed by atoms with E-state index in [-0.39, 0.29) is 23.0 Å². The van der Waals surface area contributed by atoms with Gasteiger partial charge in [-0.3, -0.25) is 0 Å². The molecule has 0 unspecified atom stereocenters. The van der Waals surface area contributed by atoms with E-state index in [1.165, 1.54) is 93.6 Å². The maximum atomic E-state index is 6.71. The van der Waals surface area contributed by atoms with Crippen LogP contribution in [0.2, 0.25) is 0 Å². The van der Waals surface area contributed by atoms with E-state index in [1.54, 1.807) is 0 Å². The highest BCUT2D eigenvalue weighted by Crippen LogP contribution is 2.57. The van der Waals surface area contributed by atoms with Crippen molar-refractivity contribution in [2.24, 2.45) is 0 Å². The van der Waals surface area contributed by atoms with Gasteiger partial charge in [-0.15, -0.1) is 0 Å². The molecule has 0 aliphatic carbocycles. The molecule has 0 saturated carbocycles. The minimum atomic E-state index is -0.333. The van der Waals surface area contributed by atoms with E-state index in [9.17, 15) is 0 Å². The topological polar surface area (TPSA) is 19.6 Å². The molecule has 102 heavy (non-hydrogen) atoms. The summed E-state index contributed by atoms with van der Waals surface area (Å²) in [5.74, 6) is 0. The average Bonchev–Trinajstić information content (AvgIpc) is 0.787. The van der Waals surface area contributed by atoms with Gasteiger partial charge in [-0.1, -0.05) is 317 Å². The fourth-order valence-corrected chi connectivity index (χ4v) is 16.6. The van der Waals surface area contributed by atoms with E-state index in [0.29, 0.717) is 0 Å². The maximum absolute atomic E-state index is 6.71. The van der Waals surface area contributed by atoms with Crippen molar-refractivity contribution in [2.45, 2.75) is 78.6 Å². The summed E-state index contributed by atoms with van der Waals surface area (Å²) in [6.45, 7) is 21.1. The Kier molecular flexibility index (Phi) is 14.7. The fourth-order valence-electron chi connectivity index (χ4n) is 16.6. The fraction of sp³-hybridized carbons (Fsp3) is 0.122. The van der Waals surface area contributed by atoms with E-state index in [1.807, 2.05) is 0 Å². The number of benzene rings is 15. The van der Waals surface area contributed by atoms with Crippen molar-refractivity contribution in [3.05, 3.63) is 332 Å². The van der Waals surface area contributed by atoms with Gasteiger partial charge in [-0.25, -0.2) is 0 Å². The third-order valence-corrected chi connectivity index (χ3v) is 21.7. The lowest BCUT2D eigenvalue weighted by Crippen LogP contribution is -2.61. The number of hydrogen-bond acceptors (Lipinski definition) is 3.